The number of nitrogens with zero attached hydrogens (tertiary/aromatic N) is 4. The Kier molecular flexibility index (Phi) is 7.54. The molecule has 10 nitrogen and oxygen atoms in total. The van der Waals surface area contributed by atoms with Gasteiger partial charge in [-0.25, -0.2) is 9.97 Å². The molecule has 1 amide bonds. The number of H-pyrrole nitrogens is 1. The molecule has 0 bridgehead atoms. The minimum atomic E-state index is -0.401. The number of methoxy groups -OCH3 is 1. The second-order valence-corrected chi connectivity index (χ2v) is 7.93. The maximum absolute atomic E-state index is 13.4. The number of aromatic nitrogens is 3. The Hall–Kier alpha value is -4.73. The molecule has 4 rings (SSSR count). The third-order valence-electron chi connectivity index (χ3n) is 5.60. The van der Waals surface area contributed by atoms with Crippen LogP contribution in [0.1, 0.15) is 28.2 Å². The maximum Gasteiger partial charge on any atom is 0.307 e. The number of carbonyl (C=O) groups excluding carboxylic acids is 2. The first-order valence-corrected chi connectivity index (χ1v) is 11.3. The molecule has 0 aliphatic carbocycles. The number of nitrogens with two attached hydrogens (primary N) is 1. The van der Waals surface area contributed by atoms with Crippen LogP contribution in [-0.4, -0.2) is 53.4 Å². The maximum atomic E-state index is 13.4. The summed E-state index contributed by atoms with van der Waals surface area (Å²) in [5, 5.41) is 3.31. The summed E-state index contributed by atoms with van der Waals surface area (Å²) >= 11 is 0. The highest BCUT2D eigenvalue weighted by Gasteiger charge is 2.21. The van der Waals surface area contributed by atoms with E-state index in [4.69, 9.17) is 10.5 Å². The number of rotatable bonds is 9. The SMILES string of the molecule is CN=C(N)c1ccc(NCc2nc3ccc(C(=O)N(CCC(=O)OC)c4ccccn4)cc3[nH]2)cc1. The number of esters is 1. The van der Waals surface area contributed by atoms with Gasteiger partial charge in [-0.2, -0.15) is 0 Å². The van der Waals surface area contributed by atoms with Crippen molar-refractivity contribution in [2.75, 3.05) is 30.9 Å². The van der Waals surface area contributed by atoms with Gasteiger partial charge in [0.1, 0.15) is 17.5 Å². The molecule has 0 atom stereocenters. The lowest BCUT2D eigenvalue weighted by Crippen LogP contribution is -2.33. The molecule has 0 radical (unpaired) electrons. The van der Waals surface area contributed by atoms with E-state index in [1.165, 1.54) is 12.0 Å². The zero-order chi connectivity index (χ0) is 25.5. The van der Waals surface area contributed by atoms with Crippen LogP contribution in [0.2, 0.25) is 0 Å². The minimum absolute atomic E-state index is 0.0553. The molecule has 0 aliphatic heterocycles. The molecular formula is C26H27N7O3. The first-order chi connectivity index (χ1) is 17.5. The highest BCUT2D eigenvalue weighted by atomic mass is 16.5. The Balaban J connectivity index is 1.50. The van der Waals surface area contributed by atoms with Crippen molar-refractivity contribution in [2.45, 2.75) is 13.0 Å². The Bertz CT molecular complexity index is 1380. The van der Waals surface area contributed by atoms with Crippen LogP contribution < -0.4 is 16.0 Å². The van der Waals surface area contributed by atoms with Crippen LogP contribution in [0.5, 0.6) is 0 Å². The molecule has 2 heterocycles. The molecule has 2 aromatic heterocycles. The van der Waals surface area contributed by atoms with Crippen molar-refractivity contribution in [3.05, 3.63) is 83.8 Å². The average Bonchev–Trinajstić information content (AvgIpc) is 3.34. The molecule has 4 N–H and O–H groups in total. The minimum Gasteiger partial charge on any atom is -0.469 e. The monoisotopic (exact) mass is 485 g/mol. The van der Waals surface area contributed by atoms with E-state index in [1.54, 1.807) is 49.6 Å². The summed E-state index contributed by atoms with van der Waals surface area (Å²) in [6, 6.07) is 18.2. The number of ether oxygens (including phenoxy) is 1. The Morgan fingerprint density at radius 2 is 1.89 bits per heavy atom. The summed E-state index contributed by atoms with van der Waals surface area (Å²) in [7, 11) is 2.97. The van der Waals surface area contributed by atoms with Gasteiger partial charge in [-0.15, -0.1) is 0 Å². The second kappa shape index (κ2) is 11.1. The van der Waals surface area contributed by atoms with Crippen molar-refractivity contribution < 1.29 is 14.3 Å². The number of aliphatic imine (C=N–C) groups is 1. The van der Waals surface area contributed by atoms with E-state index in [0.29, 0.717) is 23.8 Å². The number of aromatic amines is 1. The largest absolute Gasteiger partial charge is 0.469 e. The zero-order valence-electron chi connectivity index (χ0n) is 20.1. The Labute approximate surface area is 208 Å². The van der Waals surface area contributed by atoms with Gasteiger partial charge in [-0.1, -0.05) is 6.07 Å². The molecule has 4 aromatic rings. The number of benzene rings is 2. The van der Waals surface area contributed by atoms with Gasteiger partial charge in [0.25, 0.3) is 5.91 Å². The lowest BCUT2D eigenvalue weighted by molar-refractivity contribution is -0.140. The van der Waals surface area contributed by atoms with E-state index in [1.807, 2.05) is 24.3 Å². The van der Waals surface area contributed by atoms with Crippen LogP contribution >= 0.6 is 0 Å². The normalized spacial score (nSPS) is 11.3. The van der Waals surface area contributed by atoms with Gasteiger partial charge in [0.2, 0.25) is 0 Å². The number of imidazole rings is 1. The Morgan fingerprint density at radius 1 is 1.11 bits per heavy atom. The van der Waals surface area contributed by atoms with Gasteiger partial charge < -0.3 is 20.8 Å². The number of pyridine rings is 1. The van der Waals surface area contributed by atoms with Crippen molar-refractivity contribution in [2.24, 2.45) is 10.7 Å². The van der Waals surface area contributed by atoms with Gasteiger partial charge >= 0.3 is 5.97 Å². The third kappa shape index (κ3) is 5.66. The van der Waals surface area contributed by atoms with Gasteiger partial charge in [0.15, 0.2) is 0 Å². The summed E-state index contributed by atoms with van der Waals surface area (Å²) in [4.78, 5) is 42.7. The highest BCUT2D eigenvalue weighted by Crippen LogP contribution is 2.20. The topological polar surface area (TPSA) is 139 Å². The van der Waals surface area contributed by atoms with Crippen molar-refractivity contribution in [3.8, 4) is 0 Å². The Morgan fingerprint density at radius 3 is 2.58 bits per heavy atom. The van der Waals surface area contributed by atoms with E-state index >= 15 is 0 Å². The molecule has 0 saturated heterocycles. The number of carbonyl (C=O) groups is 2. The van der Waals surface area contributed by atoms with E-state index in [0.717, 1.165) is 28.1 Å². The summed E-state index contributed by atoms with van der Waals surface area (Å²) in [6.07, 6.45) is 1.66. The number of hydrogen-bond donors (Lipinski definition) is 3. The van der Waals surface area contributed by atoms with E-state index < -0.39 is 5.97 Å². The first kappa shape index (κ1) is 24.4. The first-order valence-electron chi connectivity index (χ1n) is 11.3. The van der Waals surface area contributed by atoms with Gasteiger partial charge in [-0.05, 0) is 54.6 Å². The predicted octanol–water partition coefficient (Wildman–Crippen LogP) is 3.12. The van der Waals surface area contributed by atoms with Crippen molar-refractivity contribution in [1.82, 2.24) is 15.0 Å². The van der Waals surface area contributed by atoms with E-state index in [-0.39, 0.29) is 18.9 Å². The number of anilines is 2. The molecule has 0 aliphatic rings. The fraction of sp³-hybridized carbons (Fsp3) is 0.192. The quantitative estimate of drug-likeness (QED) is 0.188. The molecule has 36 heavy (non-hydrogen) atoms. The van der Waals surface area contributed by atoms with Crippen molar-refractivity contribution in [3.63, 3.8) is 0 Å². The fourth-order valence-electron chi connectivity index (χ4n) is 3.65. The van der Waals surface area contributed by atoms with Crippen LogP contribution in [0.4, 0.5) is 11.5 Å². The van der Waals surface area contributed by atoms with Gasteiger partial charge in [0, 0.05) is 36.6 Å². The van der Waals surface area contributed by atoms with Crippen LogP contribution in [0.3, 0.4) is 0 Å². The van der Waals surface area contributed by atoms with Crippen molar-refractivity contribution >= 4 is 40.3 Å². The predicted molar refractivity (Wildman–Crippen MR) is 139 cm³/mol. The number of amidine groups is 1. The van der Waals surface area contributed by atoms with Crippen molar-refractivity contribution in [1.29, 1.82) is 0 Å². The number of hydrogen-bond acceptors (Lipinski definition) is 7. The van der Waals surface area contributed by atoms with Crippen LogP contribution in [0.25, 0.3) is 11.0 Å². The summed E-state index contributed by atoms with van der Waals surface area (Å²) in [5.74, 6) is 0.987. The van der Waals surface area contributed by atoms with Gasteiger partial charge in [0.05, 0.1) is 31.1 Å². The zero-order valence-corrected chi connectivity index (χ0v) is 20.1. The van der Waals surface area contributed by atoms with Crippen LogP contribution in [0, 0.1) is 0 Å². The number of fused-ring (bicyclic) bond motifs is 1. The number of nitrogens with one attached hydrogen (secondary N) is 2. The number of amides is 1. The lowest BCUT2D eigenvalue weighted by Gasteiger charge is -2.21. The lowest BCUT2D eigenvalue weighted by atomic mass is 10.1. The summed E-state index contributed by atoms with van der Waals surface area (Å²) in [6.45, 7) is 0.612. The fourth-order valence-corrected chi connectivity index (χ4v) is 3.65. The third-order valence-corrected chi connectivity index (χ3v) is 5.60. The molecule has 184 valence electrons. The molecule has 2 aromatic carbocycles. The highest BCUT2D eigenvalue weighted by molar-refractivity contribution is 6.07. The molecule has 0 saturated carbocycles. The summed E-state index contributed by atoms with van der Waals surface area (Å²) in [5.41, 5.74) is 9.53. The molecular weight excluding hydrogens is 458 g/mol. The standard InChI is InChI=1S/C26H27N7O3/c1-28-25(27)17-6-9-19(10-7-17)30-16-22-31-20-11-8-18(15-21(20)32-22)26(35)33(14-12-24(34)36-2)23-5-3-4-13-29-23/h3-11,13,15,30H,12,14,16H2,1-2H3,(H2,27,28)(H,31,32). The van der Waals surface area contributed by atoms with Crippen LogP contribution in [-0.2, 0) is 16.1 Å². The van der Waals surface area contributed by atoms with E-state index in [9.17, 15) is 9.59 Å². The average molecular weight is 486 g/mol. The molecule has 0 unspecified atom stereocenters. The van der Waals surface area contributed by atoms with Crippen LogP contribution in [0.15, 0.2) is 71.9 Å². The smallest absolute Gasteiger partial charge is 0.307 e. The summed E-state index contributed by atoms with van der Waals surface area (Å²) < 4.78 is 4.73. The molecule has 0 fully saturated rings. The van der Waals surface area contributed by atoms with Gasteiger partial charge in [-0.3, -0.25) is 19.5 Å². The second-order valence-electron chi connectivity index (χ2n) is 7.93. The molecule has 10 heteroatoms. The molecule has 0 spiro atoms. The van der Waals surface area contributed by atoms with E-state index in [2.05, 4.69) is 25.3 Å².